The van der Waals surface area contributed by atoms with E-state index in [1.54, 1.807) is 6.33 Å². The van der Waals surface area contributed by atoms with Crippen LogP contribution in [0.2, 0.25) is 0 Å². The van der Waals surface area contributed by atoms with Crippen molar-refractivity contribution < 1.29 is 0 Å². The lowest BCUT2D eigenvalue weighted by Gasteiger charge is -2.07. The third kappa shape index (κ3) is 1.37. The van der Waals surface area contributed by atoms with Crippen molar-refractivity contribution in [1.29, 1.82) is 0 Å². The SMILES string of the molecule is CCc1nc2c(S)ncn(CC)c-2n1. The molecule has 2 aliphatic rings. The Balaban J connectivity index is 2.67. The molecule has 0 saturated heterocycles. The number of fused-ring (bicyclic) bond motifs is 1. The van der Waals surface area contributed by atoms with Crippen LogP contribution >= 0.6 is 12.6 Å². The van der Waals surface area contributed by atoms with Crippen LogP contribution in [-0.2, 0) is 13.0 Å². The Bertz CT molecular complexity index is 423. The van der Waals surface area contributed by atoms with E-state index in [1.807, 2.05) is 11.5 Å². The lowest BCUT2D eigenvalue weighted by Crippen LogP contribution is -2.03. The molecule has 0 aromatic rings. The van der Waals surface area contributed by atoms with Gasteiger partial charge in [0.2, 0.25) is 0 Å². The molecule has 0 amide bonds. The third-order valence-corrected chi connectivity index (χ3v) is 2.48. The van der Waals surface area contributed by atoms with Crippen molar-refractivity contribution in [3.8, 4) is 11.5 Å². The standard InChI is InChI=1S/C9H12N4S/c1-3-6-11-7-8(12-6)13(4-2)5-10-9(7)14/h5,14H,3-4H2,1-2H3. The van der Waals surface area contributed by atoms with Crippen molar-refractivity contribution in [1.82, 2.24) is 19.5 Å². The normalized spacial score (nSPS) is 11.1. The third-order valence-electron chi connectivity index (χ3n) is 2.15. The highest BCUT2D eigenvalue weighted by Crippen LogP contribution is 2.23. The first-order chi connectivity index (χ1) is 6.76. The lowest BCUT2D eigenvalue weighted by molar-refractivity contribution is 0.716. The van der Waals surface area contributed by atoms with Gasteiger partial charge >= 0.3 is 0 Å². The minimum absolute atomic E-state index is 0.650. The summed E-state index contributed by atoms with van der Waals surface area (Å²) in [7, 11) is 0. The van der Waals surface area contributed by atoms with Gasteiger partial charge in [0.05, 0.1) is 6.33 Å². The van der Waals surface area contributed by atoms with Crippen LogP contribution in [0.3, 0.4) is 0 Å². The Hall–Kier alpha value is -1.10. The highest BCUT2D eigenvalue weighted by molar-refractivity contribution is 7.80. The van der Waals surface area contributed by atoms with Gasteiger partial charge in [-0.1, -0.05) is 6.92 Å². The monoisotopic (exact) mass is 208 g/mol. The molecule has 74 valence electrons. The lowest BCUT2D eigenvalue weighted by atomic mass is 10.4. The zero-order valence-electron chi connectivity index (χ0n) is 8.23. The van der Waals surface area contributed by atoms with Crippen molar-refractivity contribution in [2.45, 2.75) is 31.8 Å². The van der Waals surface area contributed by atoms with Gasteiger partial charge in [0, 0.05) is 13.0 Å². The predicted octanol–water partition coefficient (Wildman–Crippen LogP) is 1.65. The van der Waals surface area contributed by atoms with E-state index in [1.165, 1.54) is 0 Å². The molecule has 0 spiro atoms. The van der Waals surface area contributed by atoms with E-state index in [0.717, 1.165) is 30.3 Å². The molecule has 14 heavy (non-hydrogen) atoms. The number of imidazole rings is 1. The fourth-order valence-electron chi connectivity index (χ4n) is 1.36. The molecule has 0 saturated carbocycles. The summed E-state index contributed by atoms with van der Waals surface area (Å²) in [6, 6.07) is 0. The zero-order valence-corrected chi connectivity index (χ0v) is 9.12. The molecule has 2 heterocycles. The molecule has 2 aliphatic heterocycles. The second-order valence-corrected chi connectivity index (χ2v) is 3.44. The highest BCUT2D eigenvalue weighted by atomic mass is 32.1. The van der Waals surface area contributed by atoms with E-state index in [9.17, 15) is 0 Å². The van der Waals surface area contributed by atoms with E-state index in [2.05, 4.69) is 34.5 Å². The van der Waals surface area contributed by atoms with E-state index >= 15 is 0 Å². The first-order valence-electron chi connectivity index (χ1n) is 4.67. The summed E-state index contributed by atoms with van der Waals surface area (Å²) in [6.07, 6.45) is 2.59. The number of thiol groups is 1. The fourth-order valence-corrected chi connectivity index (χ4v) is 1.56. The summed E-state index contributed by atoms with van der Waals surface area (Å²) in [4.78, 5) is 12.9. The molecule has 0 bridgehead atoms. The topological polar surface area (TPSA) is 43.6 Å². The van der Waals surface area contributed by atoms with Crippen LogP contribution in [0.25, 0.3) is 11.5 Å². The molecule has 0 fully saturated rings. The smallest absolute Gasteiger partial charge is 0.164 e. The van der Waals surface area contributed by atoms with Crippen molar-refractivity contribution >= 4 is 12.6 Å². The number of aromatic nitrogens is 4. The first-order valence-corrected chi connectivity index (χ1v) is 5.11. The molecule has 4 nitrogen and oxygen atoms in total. The summed E-state index contributed by atoms with van der Waals surface area (Å²) >= 11 is 4.26. The molecule has 0 unspecified atom stereocenters. The van der Waals surface area contributed by atoms with Gasteiger partial charge < -0.3 is 4.57 Å². The number of nitrogens with zero attached hydrogens (tertiary/aromatic N) is 4. The average molecular weight is 208 g/mol. The summed E-state index contributed by atoms with van der Waals surface area (Å²) in [5.74, 6) is 1.73. The van der Waals surface area contributed by atoms with E-state index < -0.39 is 0 Å². The maximum atomic E-state index is 4.43. The van der Waals surface area contributed by atoms with Gasteiger partial charge in [0.25, 0.3) is 0 Å². The van der Waals surface area contributed by atoms with Crippen LogP contribution in [0.5, 0.6) is 0 Å². The largest absolute Gasteiger partial charge is 0.315 e. The number of rotatable bonds is 2. The fraction of sp³-hybridized carbons (Fsp3) is 0.444. The zero-order chi connectivity index (χ0) is 10.1. The van der Waals surface area contributed by atoms with Crippen LogP contribution < -0.4 is 0 Å². The summed E-state index contributed by atoms with van der Waals surface area (Å²) in [5.41, 5.74) is 0.800. The number of hydrogen-bond acceptors (Lipinski definition) is 4. The molecule has 5 heteroatoms. The minimum atomic E-state index is 0.650. The maximum Gasteiger partial charge on any atom is 0.164 e. The first kappa shape index (κ1) is 9.45. The Morgan fingerprint density at radius 1 is 1.36 bits per heavy atom. The second-order valence-electron chi connectivity index (χ2n) is 3.02. The molecule has 2 rings (SSSR count). The van der Waals surface area contributed by atoms with Crippen LogP contribution in [0.15, 0.2) is 11.4 Å². The van der Waals surface area contributed by atoms with Crippen molar-refractivity contribution in [3.63, 3.8) is 0 Å². The molecular formula is C9H12N4S. The Morgan fingerprint density at radius 3 is 2.79 bits per heavy atom. The molecule has 0 radical (unpaired) electrons. The Kier molecular flexibility index (Phi) is 2.41. The van der Waals surface area contributed by atoms with E-state index in [4.69, 9.17) is 0 Å². The average Bonchev–Trinajstić information content (AvgIpc) is 2.63. The van der Waals surface area contributed by atoms with Gasteiger partial charge in [0.15, 0.2) is 5.82 Å². The summed E-state index contributed by atoms with van der Waals surface area (Å²) < 4.78 is 1.97. The van der Waals surface area contributed by atoms with E-state index in [-0.39, 0.29) is 0 Å². The summed E-state index contributed by atoms with van der Waals surface area (Å²) in [5, 5.41) is 0.650. The number of aryl methyl sites for hydroxylation is 2. The van der Waals surface area contributed by atoms with Gasteiger partial charge in [-0.2, -0.15) is 0 Å². The van der Waals surface area contributed by atoms with Crippen molar-refractivity contribution in [3.05, 3.63) is 12.2 Å². The van der Waals surface area contributed by atoms with Gasteiger partial charge in [-0.05, 0) is 6.92 Å². The van der Waals surface area contributed by atoms with Crippen molar-refractivity contribution in [2.24, 2.45) is 0 Å². The molecular weight excluding hydrogens is 196 g/mol. The van der Waals surface area contributed by atoms with Gasteiger partial charge in [-0.3, -0.25) is 0 Å². The highest BCUT2D eigenvalue weighted by Gasteiger charge is 2.16. The Morgan fingerprint density at radius 2 is 2.14 bits per heavy atom. The molecule has 0 aromatic heterocycles. The van der Waals surface area contributed by atoms with Crippen LogP contribution in [0.1, 0.15) is 19.7 Å². The van der Waals surface area contributed by atoms with E-state index in [0.29, 0.717) is 5.03 Å². The second kappa shape index (κ2) is 3.57. The minimum Gasteiger partial charge on any atom is -0.315 e. The van der Waals surface area contributed by atoms with Crippen molar-refractivity contribution in [2.75, 3.05) is 0 Å². The molecule has 0 N–H and O–H groups in total. The summed E-state index contributed by atoms with van der Waals surface area (Å²) in [6.45, 7) is 4.94. The van der Waals surface area contributed by atoms with Gasteiger partial charge in [-0.15, -0.1) is 12.6 Å². The Labute approximate surface area is 88.2 Å². The quantitative estimate of drug-likeness (QED) is 0.603. The van der Waals surface area contributed by atoms with Gasteiger partial charge in [-0.25, -0.2) is 15.0 Å². The van der Waals surface area contributed by atoms with Crippen LogP contribution in [0.4, 0.5) is 0 Å². The van der Waals surface area contributed by atoms with Gasteiger partial charge in [0.1, 0.15) is 16.5 Å². The number of hydrogen-bond donors (Lipinski definition) is 1. The molecule has 0 atom stereocenters. The predicted molar refractivity (Wildman–Crippen MR) is 56.7 cm³/mol. The maximum absolute atomic E-state index is 4.43. The molecule has 0 aliphatic carbocycles. The molecule has 0 aromatic carbocycles. The van der Waals surface area contributed by atoms with Crippen LogP contribution in [-0.4, -0.2) is 19.5 Å². The van der Waals surface area contributed by atoms with Crippen LogP contribution in [0, 0.1) is 0 Å².